The molecule has 0 amide bonds. The number of aromatic nitrogens is 3. The molecule has 1 unspecified atom stereocenters. The standard InChI is InChI=1S/C41H32N4/c1-27-19-20-35-36(25-27)37(28-21-23-42-24-22-28)33-17-8-9-18-34(33)38(35)31-15-10-16-32(26-31)41-44-39(29-11-4-2-5-12-29)43-40(45-41)30-13-6-3-7-14-30/h2-21,23,26-27H,22,24-25H2,1H3. The second kappa shape index (κ2) is 11.5. The van der Waals surface area contributed by atoms with E-state index in [-0.39, 0.29) is 0 Å². The summed E-state index contributed by atoms with van der Waals surface area (Å²) in [5.41, 5.74) is 10.8. The van der Waals surface area contributed by atoms with Gasteiger partial charge < -0.3 is 0 Å². The molecule has 2 heterocycles. The van der Waals surface area contributed by atoms with Crippen molar-refractivity contribution in [2.45, 2.75) is 19.8 Å². The lowest BCUT2D eigenvalue weighted by atomic mass is 9.77. The minimum Gasteiger partial charge on any atom is -0.293 e. The van der Waals surface area contributed by atoms with Gasteiger partial charge in [0, 0.05) is 29.4 Å². The molecular weight excluding hydrogens is 548 g/mol. The van der Waals surface area contributed by atoms with Crippen LogP contribution in [0.1, 0.15) is 30.0 Å². The van der Waals surface area contributed by atoms with Crippen LogP contribution in [-0.4, -0.2) is 27.7 Å². The summed E-state index contributed by atoms with van der Waals surface area (Å²) < 4.78 is 0. The molecule has 0 fully saturated rings. The summed E-state index contributed by atoms with van der Waals surface area (Å²) in [6.45, 7) is 3.15. The Hall–Kier alpha value is -5.48. The number of allylic oxidation sites excluding steroid dienone is 2. The molecule has 45 heavy (non-hydrogen) atoms. The normalized spacial score (nSPS) is 15.6. The highest BCUT2D eigenvalue weighted by molar-refractivity contribution is 6.09. The topological polar surface area (TPSA) is 51.0 Å². The Morgan fingerprint density at radius 1 is 0.600 bits per heavy atom. The van der Waals surface area contributed by atoms with E-state index >= 15 is 0 Å². The van der Waals surface area contributed by atoms with E-state index in [0.717, 1.165) is 41.6 Å². The highest BCUT2D eigenvalue weighted by Gasteiger charge is 2.25. The third kappa shape index (κ3) is 5.08. The predicted molar refractivity (Wildman–Crippen MR) is 187 cm³/mol. The van der Waals surface area contributed by atoms with Crippen LogP contribution >= 0.6 is 0 Å². The molecule has 6 aromatic rings. The predicted octanol–water partition coefficient (Wildman–Crippen LogP) is 9.76. The van der Waals surface area contributed by atoms with Crippen LogP contribution < -0.4 is 0 Å². The van der Waals surface area contributed by atoms with Gasteiger partial charge in [-0.25, -0.2) is 15.0 Å². The molecule has 1 atom stereocenters. The van der Waals surface area contributed by atoms with Crippen molar-refractivity contribution in [1.29, 1.82) is 0 Å². The first-order valence-electron chi connectivity index (χ1n) is 15.7. The molecule has 1 aliphatic carbocycles. The molecule has 5 aromatic carbocycles. The van der Waals surface area contributed by atoms with Crippen molar-refractivity contribution in [2.24, 2.45) is 10.9 Å². The van der Waals surface area contributed by atoms with E-state index in [9.17, 15) is 0 Å². The van der Waals surface area contributed by atoms with E-state index in [4.69, 9.17) is 15.0 Å². The Morgan fingerprint density at radius 3 is 1.82 bits per heavy atom. The monoisotopic (exact) mass is 580 g/mol. The zero-order chi connectivity index (χ0) is 30.2. The molecule has 0 bridgehead atoms. The molecule has 8 rings (SSSR count). The quantitative estimate of drug-likeness (QED) is 0.204. The van der Waals surface area contributed by atoms with Gasteiger partial charge in [0.1, 0.15) is 0 Å². The van der Waals surface area contributed by atoms with E-state index in [1.165, 1.54) is 38.6 Å². The summed E-state index contributed by atoms with van der Waals surface area (Å²) >= 11 is 0. The minimum absolute atomic E-state index is 0.479. The van der Waals surface area contributed by atoms with E-state index < -0.39 is 0 Å². The SMILES string of the molecule is CC1C=Cc2c(c(C3=CC=NCC3)c3ccccc3c2-c2cccc(-c3nc(-c4ccccc4)nc(-c4ccccc4)n3)c2)C1. The summed E-state index contributed by atoms with van der Waals surface area (Å²) in [5, 5.41) is 2.57. The number of rotatable bonds is 5. The van der Waals surface area contributed by atoms with E-state index in [1.54, 1.807) is 0 Å². The van der Waals surface area contributed by atoms with Crippen LogP contribution in [0.4, 0.5) is 0 Å². The second-order valence-electron chi connectivity index (χ2n) is 11.8. The van der Waals surface area contributed by atoms with Crippen molar-refractivity contribution >= 4 is 28.6 Å². The van der Waals surface area contributed by atoms with Crippen LogP contribution in [0.2, 0.25) is 0 Å². The smallest absolute Gasteiger partial charge is 0.164 e. The highest BCUT2D eigenvalue weighted by atomic mass is 15.0. The molecular formula is C41H32N4. The summed E-state index contributed by atoms with van der Waals surface area (Å²) in [4.78, 5) is 19.4. The molecule has 1 aromatic heterocycles. The number of fused-ring (bicyclic) bond motifs is 2. The first-order valence-corrected chi connectivity index (χ1v) is 15.7. The number of aliphatic imine (C=N–C) groups is 1. The van der Waals surface area contributed by atoms with Gasteiger partial charge in [0.25, 0.3) is 0 Å². The summed E-state index contributed by atoms with van der Waals surface area (Å²) in [7, 11) is 0. The van der Waals surface area contributed by atoms with Gasteiger partial charge in [0.2, 0.25) is 0 Å². The average molecular weight is 581 g/mol. The molecule has 4 nitrogen and oxygen atoms in total. The number of dihydropyridines is 1. The molecule has 2 aliphatic rings. The third-order valence-corrected chi connectivity index (χ3v) is 8.80. The van der Waals surface area contributed by atoms with Gasteiger partial charge in [-0.15, -0.1) is 0 Å². The maximum Gasteiger partial charge on any atom is 0.164 e. The van der Waals surface area contributed by atoms with E-state index in [0.29, 0.717) is 23.4 Å². The van der Waals surface area contributed by atoms with Crippen molar-refractivity contribution in [2.75, 3.05) is 6.54 Å². The Bertz CT molecular complexity index is 2080. The fourth-order valence-electron chi connectivity index (χ4n) is 6.68. The van der Waals surface area contributed by atoms with Gasteiger partial charge in [-0.05, 0) is 75.1 Å². The van der Waals surface area contributed by atoms with Crippen LogP contribution in [-0.2, 0) is 6.42 Å². The van der Waals surface area contributed by atoms with Crippen molar-refractivity contribution < 1.29 is 0 Å². The fourth-order valence-corrected chi connectivity index (χ4v) is 6.68. The van der Waals surface area contributed by atoms with Crippen LogP contribution in [0.25, 0.3) is 67.7 Å². The van der Waals surface area contributed by atoms with Crippen molar-refractivity contribution in [3.63, 3.8) is 0 Å². The van der Waals surface area contributed by atoms with Gasteiger partial charge >= 0.3 is 0 Å². The summed E-state index contributed by atoms with van der Waals surface area (Å²) in [5.74, 6) is 2.47. The summed E-state index contributed by atoms with van der Waals surface area (Å²) in [6.07, 6.45) is 10.9. The number of nitrogens with zero attached hydrogens (tertiary/aromatic N) is 4. The number of benzene rings is 5. The maximum atomic E-state index is 5.01. The largest absolute Gasteiger partial charge is 0.293 e. The highest BCUT2D eigenvalue weighted by Crippen LogP contribution is 2.45. The van der Waals surface area contributed by atoms with Crippen molar-refractivity contribution in [3.8, 4) is 45.3 Å². The lowest BCUT2D eigenvalue weighted by Crippen LogP contribution is -2.10. The average Bonchev–Trinajstić information content (AvgIpc) is 3.11. The van der Waals surface area contributed by atoms with Crippen LogP contribution in [0.3, 0.4) is 0 Å². The van der Waals surface area contributed by atoms with Crippen LogP contribution in [0.5, 0.6) is 0 Å². The molecule has 0 N–H and O–H groups in total. The Morgan fingerprint density at radius 2 is 1.18 bits per heavy atom. The van der Waals surface area contributed by atoms with Crippen molar-refractivity contribution in [1.82, 2.24) is 15.0 Å². The molecule has 0 radical (unpaired) electrons. The first kappa shape index (κ1) is 27.1. The van der Waals surface area contributed by atoms with E-state index in [1.807, 2.05) is 66.9 Å². The van der Waals surface area contributed by atoms with E-state index in [2.05, 4.69) is 78.7 Å². The van der Waals surface area contributed by atoms with Gasteiger partial charge in [0.05, 0.1) is 0 Å². The van der Waals surface area contributed by atoms with Gasteiger partial charge in [0.15, 0.2) is 17.5 Å². The van der Waals surface area contributed by atoms with Gasteiger partial charge in [-0.2, -0.15) is 0 Å². The molecule has 1 aliphatic heterocycles. The first-order chi connectivity index (χ1) is 22.2. The van der Waals surface area contributed by atoms with Crippen LogP contribution in [0, 0.1) is 5.92 Å². The Balaban J connectivity index is 1.34. The minimum atomic E-state index is 0.479. The zero-order valence-electron chi connectivity index (χ0n) is 25.2. The van der Waals surface area contributed by atoms with Crippen LogP contribution in [0.15, 0.2) is 126 Å². The number of hydrogen-bond acceptors (Lipinski definition) is 4. The molecule has 4 heteroatoms. The lowest BCUT2D eigenvalue weighted by molar-refractivity contribution is 0.716. The number of hydrogen-bond donors (Lipinski definition) is 0. The lowest BCUT2D eigenvalue weighted by Gasteiger charge is -2.27. The molecule has 0 saturated carbocycles. The van der Waals surface area contributed by atoms with Crippen molar-refractivity contribution in [3.05, 3.63) is 138 Å². The maximum absolute atomic E-state index is 5.01. The molecule has 0 saturated heterocycles. The third-order valence-electron chi connectivity index (χ3n) is 8.80. The fraction of sp³-hybridized carbons (Fsp3) is 0.122. The zero-order valence-corrected chi connectivity index (χ0v) is 25.2. The second-order valence-corrected chi connectivity index (χ2v) is 11.8. The van der Waals surface area contributed by atoms with Gasteiger partial charge in [-0.1, -0.05) is 122 Å². The molecule has 216 valence electrons. The molecule has 0 spiro atoms. The summed E-state index contributed by atoms with van der Waals surface area (Å²) in [6, 6.07) is 37.9. The Labute approximate surface area is 263 Å². The Kier molecular flexibility index (Phi) is 6.95. The van der Waals surface area contributed by atoms with Gasteiger partial charge in [-0.3, -0.25) is 4.99 Å².